The zero-order chi connectivity index (χ0) is 15.6. The monoisotopic (exact) mass is 300 g/mol. The second-order valence-electron chi connectivity index (χ2n) is 4.60. The van der Waals surface area contributed by atoms with Crippen molar-refractivity contribution in [2.24, 2.45) is 0 Å². The molecule has 2 amide bonds. The smallest absolute Gasteiger partial charge is 0.319 e. The lowest BCUT2D eigenvalue weighted by Gasteiger charge is -2.11. The maximum atomic E-state index is 11.8. The van der Waals surface area contributed by atoms with Crippen LogP contribution in [0.2, 0.25) is 0 Å². The van der Waals surface area contributed by atoms with Crippen molar-refractivity contribution in [2.75, 3.05) is 25.6 Å². The van der Waals surface area contributed by atoms with Gasteiger partial charge in [0, 0.05) is 6.54 Å². The molecule has 0 aromatic heterocycles. The molecule has 2 aromatic rings. The molecule has 2 rings (SSSR count). The Labute approximate surface area is 130 Å². The summed E-state index contributed by atoms with van der Waals surface area (Å²) < 4.78 is 10.7. The zero-order valence-corrected chi connectivity index (χ0v) is 12.5. The van der Waals surface area contributed by atoms with Crippen LogP contribution in [0.5, 0.6) is 11.5 Å². The predicted octanol–water partition coefficient (Wildman–Crippen LogP) is 3.29. The van der Waals surface area contributed by atoms with E-state index < -0.39 is 0 Å². The number of carbonyl (C=O) groups excluding carboxylic acids is 1. The second-order valence-corrected chi connectivity index (χ2v) is 4.60. The van der Waals surface area contributed by atoms with Crippen molar-refractivity contribution in [1.82, 2.24) is 5.32 Å². The molecule has 22 heavy (non-hydrogen) atoms. The number of nitrogens with one attached hydrogen (secondary N) is 2. The molecule has 0 aliphatic heterocycles. The lowest BCUT2D eigenvalue weighted by atomic mass is 10.3. The molecule has 5 nitrogen and oxygen atoms in total. The van der Waals surface area contributed by atoms with Crippen LogP contribution in [0.3, 0.4) is 0 Å². The molecule has 0 fully saturated rings. The summed E-state index contributed by atoms with van der Waals surface area (Å²) in [6, 6.07) is 16.6. The molecule has 0 atom stereocenters. The molecule has 2 N–H and O–H groups in total. The second kappa shape index (κ2) is 8.56. The van der Waals surface area contributed by atoms with Gasteiger partial charge in [-0.3, -0.25) is 0 Å². The summed E-state index contributed by atoms with van der Waals surface area (Å²) in [6.07, 6.45) is 0.730. The third kappa shape index (κ3) is 5.01. The minimum Gasteiger partial charge on any atom is -0.495 e. The van der Waals surface area contributed by atoms with Gasteiger partial charge in [0.25, 0.3) is 0 Å². The van der Waals surface area contributed by atoms with E-state index in [1.54, 1.807) is 19.2 Å². The number of urea groups is 1. The standard InChI is InChI=1S/C17H20N2O3/c1-21-16-11-6-5-10-15(16)19-17(20)18-12-7-13-22-14-8-3-2-4-9-14/h2-6,8-11H,7,12-13H2,1H3,(H2,18,19,20). The molecule has 5 heteroatoms. The van der Waals surface area contributed by atoms with Gasteiger partial charge in [0.1, 0.15) is 11.5 Å². The van der Waals surface area contributed by atoms with E-state index in [1.807, 2.05) is 42.5 Å². The highest BCUT2D eigenvalue weighted by Crippen LogP contribution is 2.22. The molecule has 0 bridgehead atoms. The molecule has 2 aromatic carbocycles. The number of ether oxygens (including phenoxy) is 2. The topological polar surface area (TPSA) is 59.6 Å². The fourth-order valence-corrected chi connectivity index (χ4v) is 1.90. The van der Waals surface area contributed by atoms with E-state index >= 15 is 0 Å². The minimum atomic E-state index is -0.260. The van der Waals surface area contributed by atoms with Crippen LogP contribution in [0.25, 0.3) is 0 Å². The van der Waals surface area contributed by atoms with Crippen LogP contribution in [0.4, 0.5) is 10.5 Å². The van der Waals surface area contributed by atoms with Gasteiger partial charge in [-0.1, -0.05) is 30.3 Å². The van der Waals surface area contributed by atoms with Crippen LogP contribution >= 0.6 is 0 Å². The van der Waals surface area contributed by atoms with Crippen molar-refractivity contribution in [1.29, 1.82) is 0 Å². The maximum Gasteiger partial charge on any atom is 0.319 e. The van der Waals surface area contributed by atoms with E-state index in [4.69, 9.17) is 9.47 Å². The fourth-order valence-electron chi connectivity index (χ4n) is 1.90. The Morgan fingerprint density at radius 3 is 2.55 bits per heavy atom. The van der Waals surface area contributed by atoms with Crippen LogP contribution in [0.15, 0.2) is 54.6 Å². The Bertz CT molecular complexity index is 587. The molecule has 0 aliphatic carbocycles. The number of benzene rings is 2. The number of amides is 2. The van der Waals surface area contributed by atoms with Crippen molar-refractivity contribution in [3.63, 3.8) is 0 Å². The minimum absolute atomic E-state index is 0.260. The summed E-state index contributed by atoms with van der Waals surface area (Å²) in [6.45, 7) is 1.09. The summed E-state index contributed by atoms with van der Waals surface area (Å²) in [5.74, 6) is 1.46. The molecule has 116 valence electrons. The average Bonchev–Trinajstić information content (AvgIpc) is 2.56. The largest absolute Gasteiger partial charge is 0.495 e. The molecule has 0 saturated carbocycles. The number of methoxy groups -OCH3 is 1. The van der Waals surface area contributed by atoms with Crippen LogP contribution < -0.4 is 20.1 Å². The SMILES string of the molecule is COc1ccccc1NC(=O)NCCCOc1ccccc1. The third-order valence-electron chi connectivity index (χ3n) is 2.97. The predicted molar refractivity (Wildman–Crippen MR) is 86.6 cm³/mol. The zero-order valence-electron chi connectivity index (χ0n) is 12.5. The summed E-state index contributed by atoms with van der Waals surface area (Å²) in [5, 5.41) is 5.54. The highest BCUT2D eigenvalue weighted by Gasteiger charge is 2.05. The molecule has 0 saturated heterocycles. The highest BCUT2D eigenvalue weighted by atomic mass is 16.5. The molecular formula is C17H20N2O3. The lowest BCUT2D eigenvalue weighted by molar-refractivity contribution is 0.250. The number of para-hydroxylation sites is 3. The quantitative estimate of drug-likeness (QED) is 0.771. The maximum absolute atomic E-state index is 11.8. The van der Waals surface area contributed by atoms with E-state index in [0.29, 0.717) is 24.6 Å². The van der Waals surface area contributed by atoms with Crippen molar-refractivity contribution in [2.45, 2.75) is 6.42 Å². The fraction of sp³-hybridized carbons (Fsp3) is 0.235. The van der Waals surface area contributed by atoms with Gasteiger partial charge in [-0.15, -0.1) is 0 Å². The van der Waals surface area contributed by atoms with Gasteiger partial charge in [-0.05, 0) is 30.7 Å². The molecule has 0 spiro atoms. The van der Waals surface area contributed by atoms with Crippen molar-refractivity contribution >= 4 is 11.7 Å². The summed E-state index contributed by atoms with van der Waals surface area (Å²) in [4.78, 5) is 11.8. The van der Waals surface area contributed by atoms with Gasteiger partial charge in [0.2, 0.25) is 0 Å². The van der Waals surface area contributed by atoms with E-state index in [1.165, 1.54) is 0 Å². The Hall–Kier alpha value is -2.69. The van der Waals surface area contributed by atoms with Crippen LogP contribution in [0.1, 0.15) is 6.42 Å². The molecular weight excluding hydrogens is 280 g/mol. The van der Waals surface area contributed by atoms with E-state index in [2.05, 4.69) is 10.6 Å². The Morgan fingerprint density at radius 1 is 1.05 bits per heavy atom. The first-order chi connectivity index (χ1) is 10.8. The van der Waals surface area contributed by atoms with Gasteiger partial charge >= 0.3 is 6.03 Å². The summed E-state index contributed by atoms with van der Waals surface area (Å²) in [7, 11) is 1.57. The van der Waals surface area contributed by atoms with E-state index in [0.717, 1.165) is 12.2 Å². The van der Waals surface area contributed by atoms with Crippen LogP contribution in [0, 0.1) is 0 Å². The highest BCUT2D eigenvalue weighted by molar-refractivity contribution is 5.90. The van der Waals surface area contributed by atoms with Gasteiger partial charge in [-0.25, -0.2) is 4.79 Å². The normalized spacial score (nSPS) is 9.86. The number of anilines is 1. The Morgan fingerprint density at radius 2 is 1.77 bits per heavy atom. The van der Waals surface area contributed by atoms with E-state index in [-0.39, 0.29) is 6.03 Å². The molecule has 0 heterocycles. The Balaban J connectivity index is 1.65. The first kappa shape index (κ1) is 15.7. The van der Waals surface area contributed by atoms with Crippen LogP contribution in [-0.4, -0.2) is 26.3 Å². The number of hydrogen-bond acceptors (Lipinski definition) is 3. The van der Waals surface area contributed by atoms with Crippen molar-refractivity contribution in [3.8, 4) is 11.5 Å². The Kier molecular flexibility index (Phi) is 6.11. The van der Waals surface area contributed by atoms with Crippen molar-refractivity contribution < 1.29 is 14.3 Å². The summed E-state index contributed by atoms with van der Waals surface area (Å²) in [5.41, 5.74) is 0.642. The average molecular weight is 300 g/mol. The third-order valence-corrected chi connectivity index (χ3v) is 2.97. The van der Waals surface area contributed by atoms with Gasteiger partial charge in [0.15, 0.2) is 0 Å². The first-order valence-electron chi connectivity index (χ1n) is 7.15. The lowest BCUT2D eigenvalue weighted by Crippen LogP contribution is -2.30. The number of rotatable bonds is 7. The van der Waals surface area contributed by atoms with Gasteiger partial charge in [-0.2, -0.15) is 0 Å². The number of carbonyl (C=O) groups is 1. The van der Waals surface area contributed by atoms with Crippen molar-refractivity contribution in [3.05, 3.63) is 54.6 Å². The molecule has 0 unspecified atom stereocenters. The first-order valence-corrected chi connectivity index (χ1v) is 7.15. The van der Waals surface area contributed by atoms with Gasteiger partial charge < -0.3 is 20.1 Å². The summed E-state index contributed by atoms with van der Waals surface area (Å²) >= 11 is 0. The van der Waals surface area contributed by atoms with Gasteiger partial charge in [0.05, 0.1) is 19.4 Å². The molecule has 0 aliphatic rings. The molecule has 0 radical (unpaired) electrons. The van der Waals surface area contributed by atoms with Crippen LogP contribution in [-0.2, 0) is 0 Å². The van der Waals surface area contributed by atoms with E-state index in [9.17, 15) is 4.79 Å². The number of hydrogen-bond donors (Lipinski definition) is 2.